The number of piperazine rings is 1. The number of fused-ring (bicyclic) bond motifs is 1. The summed E-state index contributed by atoms with van der Waals surface area (Å²) in [6.07, 6.45) is 0. The molecule has 3 amide bonds. The van der Waals surface area contributed by atoms with Crippen LogP contribution in [-0.2, 0) is 16.1 Å². The summed E-state index contributed by atoms with van der Waals surface area (Å²) >= 11 is 0. The van der Waals surface area contributed by atoms with E-state index in [1.807, 2.05) is 13.8 Å². The lowest BCUT2D eigenvalue weighted by molar-refractivity contribution is -0.139. The Labute approximate surface area is 181 Å². The van der Waals surface area contributed by atoms with Crippen molar-refractivity contribution in [2.75, 3.05) is 52.9 Å². The Morgan fingerprint density at radius 2 is 1.87 bits per heavy atom. The smallest absolute Gasteiger partial charge is 0.325 e. The largest absolute Gasteiger partial charge is 0.468 e. The van der Waals surface area contributed by atoms with Gasteiger partial charge in [-0.05, 0) is 32.0 Å². The molecule has 1 saturated heterocycles. The van der Waals surface area contributed by atoms with E-state index in [2.05, 4.69) is 19.9 Å². The first kappa shape index (κ1) is 22.5. The predicted octanol–water partition coefficient (Wildman–Crippen LogP) is 1.31. The molecule has 3 rings (SSSR count). The number of rotatable bonds is 7. The lowest BCUT2D eigenvalue weighted by Crippen LogP contribution is -2.52. The number of ether oxygens (including phenoxy) is 1. The lowest BCUT2D eigenvalue weighted by Gasteiger charge is -2.33. The molecule has 2 aromatic rings. The van der Waals surface area contributed by atoms with Gasteiger partial charge in [0.05, 0.1) is 13.7 Å². The molecule has 1 fully saturated rings. The molecule has 0 saturated carbocycles. The van der Waals surface area contributed by atoms with Crippen LogP contribution in [0.2, 0.25) is 0 Å². The molecule has 0 spiro atoms. The molecule has 1 aromatic heterocycles. The summed E-state index contributed by atoms with van der Waals surface area (Å²) in [5.74, 6) is 0.0778. The SMILES string of the molecule is CCN(CC)C(=O)c1ccc2oc(CN3CCN(C(=O)NCC(=O)OC)CC3)nc2c1. The highest BCUT2D eigenvalue weighted by Gasteiger charge is 2.23. The number of amides is 3. The number of hydrogen-bond donors (Lipinski definition) is 1. The molecule has 1 aliphatic rings. The zero-order valence-electron chi connectivity index (χ0n) is 18.2. The summed E-state index contributed by atoms with van der Waals surface area (Å²) < 4.78 is 10.4. The number of nitrogens with zero attached hydrogens (tertiary/aromatic N) is 4. The van der Waals surface area contributed by atoms with Crippen LogP contribution in [0.5, 0.6) is 0 Å². The van der Waals surface area contributed by atoms with Crippen molar-refractivity contribution in [3.63, 3.8) is 0 Å². The van der Waals surface area contributed by atoms with Gasteiger partial charge in [-0.3, -0.25) is 14.5 Å². The Morgan fingerprint density at radius 3 is 2.52 bits per heavy atom. The minimum atomic E-state index is -0.482. The fourth-order valence-electron chi connectivity index (χ4n) is 3.50. The molecule has 0 radical (unpaired) electrons. The number of methoxy groups -OCH3 is 1. The Kier molecular flexibility index (Phi) is 7.45. The highest BCUT2D eigenvalue weighted by Crippen LogP contribution is 2.20. The summed E-state index contributed by atoms with van der Waals surface area (Å²) in [4.78, 5) is 45.9. The van der Waals surface area contributed by atoms with Crippen molar-refractivity contribution in [1.82, 2.24) is 25.0 Å². The van der Waals surface area contributed by atoms with E-state index >= 15 is 0 Å². The molecule has 0 atom stereocenters. The first-order valence-electron chi connectivity index (χ1n) is 10.5. The van der Waals surface area contributed by atoms with Crippen molar-refractivity contribution < 1.29 is 23.5 Å². The number of benzene rings is 1. The minimum absolute atomic E-state index is 0.0157. The van der Waals surface area contributed by atoms with Crippen LogP contribution in [0.4, 0.5) is 4.79 Å². The van der Waals surface area contributed by atoms with Gasteiger partial charge in [-0.2, -0.15) is 0 Å². The molecule has 0 bridgehead atoms. The van der Waals surface area contributed by atoms with Gasteiger partial charge < -0.3 is 24.3 Å². The molecular weight excluding hydrogens is 402 g/mol. The number of nitrogens with one attached hydrogen (secondary N) is 1. The van der Waals surface area contributed by atoms with Gasteiger partial charge in [0.1, 0.15) is 12.1 Å². The Bertz CT molecular complexity index is 931. The topological polar surface area (TPSA) is 108 Å². The van der Waals surface area contributed by atoms with Crippen LogP contribution in [0, 0.1) is 0 Å². The molecule has 0 unspecified atom stereocenters. The molecular formula is C21H29N5O5. The molecule has 1 N–H and O–H groups in total. The van der Waals surface area contributed by atoms with Gasteiger partial charge in [0, 0.05) is 44.8 Å². The first-order valence-corrected chi connectivity index (χ1v) is 10.5. The van der Waals surface area contributed by atoms with Gasteiger partial charge >= 0.3 is 12.0 Å². The van der Waals surface area contributed by atoms with E-state index in [0.717, 1.165) is 0 Å². The quantitative estimate of drug-likeness (QED) is 0.659. The molecule has 168 valence electrons. The number of esters is 1. The maximum Gasteiger partial charge on any atom is 0.325 e. The predicted molar refractivity (Wildman–Crippen MR) is 114 cm³/mol. The van der Waals surface area contributed by atoms with Gasteiger partial charge in [0.25, 0.3) is 5.91 Å². The Morgan fingerprint density at radius 1 is 1.16 bits per heavy atom. The van der Waals surface area contributed by atoms with Crippen LogP contribution in [0.3, 0.4) is 0 Å². The van der Waals surface area contributed by atoms with Gasteiger partial charge in [0.2, 0.25) is 5.89 Å². The van der Waals surface area contributed by atoms with Gasteiger partial charge in [-0.15, -0.1) is 0 Å². The minimum Gasteiger partial charge on any atom is -0.468 e. The number of carbonyl (C=O) groups is 3. The first-order chi connectivity index (χ1) is 14.9. The van der Waals surface area contributed by atoms with E-state index in [-0.39, 0.29) is 18.5 Å². The molecule has 1 aromatic carbocycles. The molecule has 0 aliphatic carbocycles. The highest BCUT2D eigenvalue weighted by atomic mass is 16.5. The Balaban J connectivity index is 1.56. The normalized spacial score (nSPS) is 14.5. The number of oxazole rings is 1. The highest BCUT2D eigenvalue weighted by molar-refractivity contribution is 5.97. The van der Waals surface area contributed by atoms with E-state index in [1.54, 1.807) is 28.0 Å². The monoisotopic (exact) mass is 431 g/mol. The van der Waals surface area contributed by atoms with Crippen molar-refractivity contribution >= 4 is 29.0 Å². The fraction of sp³-hybridized carbons (Fsp3) is 0.524. The third-order valence-electron chi connectivity index (χ3n) is 5.36. The second kappa shape index (κ2) is 10.3. The molecule has 31 heavy (non-hydrogen) atoms. The average Bonchev–Trinajstić information content (AvgIpc) is 3.19. The Hall–Kier alpha value is -3.14. The van der Waals surface area contributed by atoms with Crippen molar-refractivity contribution in [3.8, 4) is 0 Å². The lowest BCUT2D eigenvalue weighted by atomic mass is 10.2. The van der Waals surface area contributed by atoms with E-state index in [0.29, 0.717) is 68.4 Å². The molecule has 10 nitrogen and oxygen atoms in total. The zero-order valence-corrected chi connectivity index (χ0v) is 18.2. The average molecular weight is 431 g/mol. The third kappa shape index (κ3) is 5.52. The van der Waals surface area contributed by atoms with E-state index < -0.39 is 5.97 Å². The number of hydrogen-bond acceptors (Lipinski definition) is 7. The van der Waals surface area contributed by atoms with Crippen LogP contribution < -0.4 is 5.32 Å². The molecule has 10 heteroatoms. The van der Waals surface area contributed by atoms with Crippen LogP contribution in [-0.4, -0.2) is 90.5 Å². The molecule has 2 heterocycles. The summed E-state index contributed by atoms with van der Waals surface area (Å²) in [5, 5.41) is 2.55. The van der Waals surface area contributed by atoms with Crippen LogP contribution in [0.25, 0.3) is 11.1 Å². The maximum atomic E-state index is 12.6. The van der Waals surface area contributed by atoms with Crippen molar-refractivity contribution in [1.29, 1.82) is 0 Å². The summed E-state index contributed by atoms with van der Waals surface area (Å²) in [6, 6.07) is 5.04. The third-order valence-corrected chi connectivity index (χ3v) is 5.36. The number of carbonyl (C=O) groups excluding carboxylic acids is 3. The van der Waals surface area contributed by atoms with Gasteiger partial charge in [-0.25, -0.2) is 9.78 Å². The fourth-order valence-corrected chi connectivity index (χ4v) is 3.50. The van der Waals surface area contributed by atoms with E-state index in [1.165, 1.54) is 7.11 Å². The van der Waals surface area contributed by atoms with Crippen molar-refractivity contribution in [3.05, 3.63) is 29.7 Å². The van der Waals surface area contributed by atoms with Crippen LogP contribution in [0.1, 0.15) is 30.1 Å². The second-order valence-electron chi connectivity index (χ2n) is 7.27. The number of aromatic nitrogens is 1. The van der Waals surface area contributed by atoms with Gasteiger partial charge in [-0.1, -0.05) is 0 Å². The van der Waals surface area contributed by atoms with Gasteiger partial charge in [0.15, 0.2) is 5.58 Å². The summed E-state index contributed by atoms with van der Waals surface area (Å²) in [6.45, 7) is 8.00. The molecule has 1 aliphatic heterocycles. The standard InChI is InChI=1S/C21H29N5O5/c1-4-25(5-2)20(28)15-6-7-17-16(12-15)23-18(31-17)14-24-8-10-26(11-9-24)21(29)22-13-19(27)30-3/h6-7,12H,4-5,8-11,13-14H2,1-3H3,(H,22,29). The van der Waals surface area contributed by atoms with Crippen molar-refractivity contribution in [2.45, 2.75) is 20.4 Å². The van der Waals surface area contributed by atoms with Crippen LogP contribution >= 0.6 is 0 Å². The summed E-state index contributed by atoms with van der Waals surface area (Å²) in [7, 11) is 1.28. The van der Waals surface area contributed by atoms with Crippen LogP contribution in [0.15, 0.2) is 22.6 Å². The zero-order chi connectivity index (χ0) is 22.4. The van der Waals surface area contributed by atoms with E-state index in [4.69, 9.17) is 4.42 Å². The second-order valence-corrected chi connectivity index (χ2v) is 7.27. The van der Waals surface area contributed by atoms with E-state index in [9.17, 15) is 14.4 Å². The summed E-state index contributed by atoms with van der Waals surface area (Å²) in [5.41, 5.74) is 1.91. The van der Waals surface area contributed by atoms with Crippen molar-refractivity contribution in [2.24, 2.45) is 0 Å². The maximum absolute atomic E-state index is 12.6. The number of urea groups is 1.